The normalized spacial score (nSPS) is 11.9. The van der Waals surface area contributed by atoms with E-state index in [1.807, 2.05) is 0 Å². The van der Waals surface area contributed by atoms with E-state index >= 15 is 0 Å². The first-order chi connectivity index (χ1) is 9.31. The molecule has 0 aromatic heterocycles. The lowest BCUT2D eigenvalue weighted by molar-refractivity contribution is -0.384. The summed E-state index contributed by atoms with van der Waals surface area (Å²) in [5, 5.41) is 21.9. The molecular weight excluding hydrogens is 264 g/mol. The Labute approximate surface area is 115 Å². The summed E-state index contributed by atoms with van der Waals surface area (Å²) in [6.45, 7) is 3.40. The Morgan fingerprint density at radius 3 is 2.25 bits per heavy atom. The van der Waals surface area contributed by atoms with Gasteiger partial charge in [0.05, 0.1) is 11.3 Å². The number of carbonyl (C=O) groups is 2. The highest BCUT2D eigenvalue weighted by Gasteiger charge is 2.23. The number of aliphatic carboxylic acids is 1. The van der Waals surface area contributed by atoms with Gasteiger partial charge in [0, 0.05) is 12.1 Å². The van der Waals surface area contributed by atoms with Gasteiger partial charge in [-0.2, -0.15) is 0 Å². The summed E-state index contributed by atoms with van der Waals surface area (Å²) in [5.74, 6) is -1.75. The van der Waals surface area contributed by atoms with Crippen LogP contribution in [0.1, 0.15) is 19.4 Å². The standard InChI is InChI=1S/C13H16N2O5/c1-8(2)12(13(17)18)14-11(16)7-9-3-5-10(6-4-9)15(19)20/h3-6,8,12H,7H2,1-2H3,(H,14,16)(H,17,18)/t12-/m1/s1. The minimum absolute atomic E-state index is 0.0194. The Hall–Kier alpha value is -2.44. The Morgan fingerprint density at radius 1 is 1.30 bits per heavy atom. The fourth-order valence-electron chi connectivity index (χ4n) is 1.66. The number of benzene rings is 1. The number of carboxylic acid groups (broad SMARTS) is 1. The number of nitro benzene ring substituents is 1. The molecule has 0 radical (unpaired) electrons. The van der Waals surface area contributed by atoms with Gasteiger partial charge in [-0.3, -0.25) is 14.9 Å². The van der Waals surface area contributed by atoms with E-state index in [0.717, 1.165) is 0 Å². The van der Waals surface area contributed by atoms with Crippen LogP contribution in [0, 0.1) is 16.0 Å². The number of hydrogen-bond donors (Lipinski definition) is 2. The van der Waals surface area contributed by atoms with Crippen LogP contribution in [-0.2, 0) is 16.0 Å². The molecular formula is C13H16N2O5. The van der Waals surface area contributed by atoms with Crippen molar-refractivity contribution in [3.8, 4) is 0 Å². The number of nitrogens with one attached hydrogen (secondary N) is 1. The molecule has 0 aliphatic rings. The first kappa shape index (κ1) is 15.6. The lowest BCUT2D eigenvalue weighted by Crippen LogP contribution is -2.44. The molecule has 0 spiro atoms. The molecule has 2 N–H and O–H groups in total. The summed E-state index contributed by atoms with van der Waals surface area (Å²) in [7, 11) is 0. The first-order valence-corrected chi connectivity index (χ1v) is 6.06. The molecule has 0 heterocycles. The van der Waals surface area contributed by atoms with E-state index in [1.54, 1.807) is 13.8 Å². The molecule has 1 aromatic rings. The van der Waals surface area contributed by atoms with E-state index in [1.165, 1.54) is 24.3 Å². The van der Waals surface area contributed by atoms with Gasteiger partial charge >= 0.3 is 5.97 Å². The van der Waals surface area contributed by atoms with Crippen LogP contribution in [0.5, 0.6) is 0 Å². The lowest BCUT2D eigenvalue weighted by atomic mass is 10.0. The zero-order valence-electron chi connectivity index (χ0n) is 11.2. The predicted molar refractivity (Wildman–Crippen MR) is 71.2 cm³/mol. The first-order valence-electron chi connectivity index (χ1n) is 6.06. The number of rotatable bonds is 6. The van der Waals surface area contributed by atoms with Crippen LogP contribution in [0.25, 0.3) is 0 Å². The molecule has 7 nitrogen and oxygen atoms in total. The van der Waals surface area contributed by atoms with Crippen LogP contribution in [-0.4, -0.2) is 27.9 Å². The maximum atomic E-state index is 11.7. The number of amides is 1. The Morgan fingerprint density at radius 2 is 1.85 bits per heavy atom. The van der Waals surface area contributed by atoms with Crippen LogP contribution < -0.4 is 5.32 Å². The van der Waals surface area contributed by atoms with Gasteiger partial charge in [-0.1, -0.05) is 26.0 Å². The van der Waals surface area contributed by atoms with Crippen molar-refractivity contribution in [2.24, 2.45) is 5.92 Å². The van der Waals surface area contributed by atoms with Crippen molar-refractivity contribution in [1.82, 2.24) is 5.32 Å². The molecule has 108 valence electrons. The SMILES string of the molecule is CC(C)[C@@H](NC(=O)Cc1ccc([N+](=O)[O-])cc1)C(=O)O. The van der Waals surface area contributed by atoms with Gasteiger partial charge in [0.15, 0.2) is 0 Å². The van der Waals surface area contributed by atoms with Gasteiger partial charge in [0.2, 0.25) is 5.91 Å². The molecule has 0 aliphatic carbocycles. The number of hydrogen-bond acceptors (Lipinski definition) is 4. The highest BCUT2D eigenvalue weighted by Crippen LogP contribution is 2.12. The number of nitro groups is 1. The smallest absolute Gasteiger partial charge is 0.326 e. The van der Waals surface area contributed by atoms with Crippen LogP contribution in [0.15, 0.2) is 24.3 Å². The van der Waals surface area contributed by atoms with Crippen molar-refractivity contribution in [2.75, 3.05) is 0 Å². The Bertz CT molecular complexity index is 510. The second-order valence-corrected chi connectivity index (χ2v) is 4.73. The summed E-state index contributed by atoms with van der Waals surface area (Å²) in [4.78, 5) is 32.7. The summed E-state index contributed by atoms with van der Waals surface area (Å²) in [6.07, 6.45) is -0.0194. The molecule has 0 fully saturated rings. The topological polar surface area (TPSA) is 110 Å². The molecule has 0 bridgehead atoms. The van der Waals surface area contributed by atoms with Crippen LogP contribution in [0.4, 0.5) is 5.69 Å². The molecule has 7 heteroatoms. The van der Waals surface area contributed by atoms with Crippen molar-refractivity contribution in [1.29, 1.82) is 0 Å². The van der Waals surface area contributed by atoms with Gasteiger partial charge in [-0.05, 0) is 11.5 Å². The third kappa shape index (κ3) is 4.34. The maximum Gasteiger partial charge on any atom is 0.326 e. The van der Waals surface area contributed by atoms with E-state index in [9.17, 15) is 19.7 Å². The van der Waals surface area contributed by atoms with Crippen molar-refractivity contribution < 1.29 is 19.6 Å². The van der Waals surface area contributed by atoms with Gasteiger partial charge < -0.3 is 10.4 Å². The van der Waals surface area contributed by atoms with Crippen molar-refractivity contribution in [3.63, 3.8) is 0 Å². The zero-order chi connectivity index (χ0) is 15.3. The summed E-state index contributed by atoms with van der Waals surface area (Å²) < 4.78 is 0. The summed E-state index contributed by atoms with van der Waals surface area (Å²) >= 11 is 0. The Kier molecular flexibility index (Phi) is 5.19. The highest BCUT2D eigenvalue weighted by atomic mass is 16.6. The van der Waals surface area contributed by atoms with Crippen LogP contribution in [0.3, 0.4) is 0 Å². The second-order valence-electron chi connectivity index (χ2n) is 4.73. The molecule has 1 amide bonds. The third-order valence-corrected chi connectivity index (χ3v) is 2.76. The molecule has 20 heavy (non-hydrogen) atoms. The quantitative estimate of drug-likeness (QED) is 0.604. The number of nitrogens with zero attached hydrogens (tertiary/aromatic N) is 1. The van der Waals surface area contributed by atoms with Gasteiger partial charge in [0.1, 0.15) is 6.04 Å². The van der Waals surface area contributed by atoms with E-state index in [-0.39, 0.29) is 18.0 Å². The van der Waals surface area contributed by atoms with E-state index < -0.39 is 22.8 Å². The lowest BCUT2D eigenvalue weighted by Gasteiger charge is -2.17. The average molecular weight is 280 g/mol. The van der Waals surface area contributed by atoms with Crippen LogP contribution >= 0.6 is 0 Å². The second kappa shape index (κ2) is 6.65. The molecule has 0 aliphatic heterocycles. The monoisotopic (exact) mass is 280 g/mol. The number of carbonyl (C=O) groups excluding carboxylic acids is 1. The minimum atomic E-state index is -1.09. The summed E-state index contributed by atoms with van der Waals surface area (Å²) in [6, 6.07) is 4.62. The van der Waals surface area contributed by atoms with E-state index in [0.29, 0.717) is 5.56 Å². The fourth-order valence-corrected chi connectivity index (χ4v) is 1.66. The summed E-state index contributed by atoms with van der Waals surface area (Å²) in [5.41, 5.74) is 0.528. The Balaban J connectivity index is 2.66. The molecule has 0 saturated carbocycles. The number of non-ortho nitro benzene ring substituents is 1. The maximum absolute atomic E-state index is 11.7. The van der Waals surface area contributed by atoms with Gasteiger partial charge in [-0.25, -0.2) is 4.79 Å². The number of carboxylic acids is 1. The van der Waals surface area contributed by atoms with Gasteiger partial charge in [-0.15, -0.1) is 0 Å². The molecule has 1 rings (SSSR count). The van der Waals surface area contributed by atoms with Gasteiger partial charge in [0.25, 0.3) is 5.69 Å². The van der Waals surface area contributed by atoms with Crippen molar-refractivity contribution >= 4 is 17.6 Å². The largest absolute Gasteiger partial charge is 0.480 e. The minimum Gasteiger partial charge on any atom is -0.480 e. The molecule has 0 unspecified atom stereocenters. The van der Waals surface area contributed by atoms with E-state index in [2.05, 4.69) is 5.32 Å². The highest BCUT2D eigenvalue weighted by molar-refractivity contribution is 5.85. The van der Waals surface area contributed by atoms with Crippen molar-refractivity contribution in [2.45, 2.75) is 26.3 Å². The predicted octanol–water partition coefficient (Wildman–Crippen LogP) is 1.36. The zero-order valence-corrected chi connectivity index (χ0v) is 11.2. The average Bonchev–Trinajstić information content (AvgIpc) is 2.35. The molecule has 1 aromatic carbocycles. The third-order valence-electron chi connectivity index (χ3n) is 2.76. The molecule has 1 atom stereocenters. The van der Waals surface area contributed by atoms with E-state index in [4.69, 9.17) is 5.11 Å². The van der Waals surface area contributed by atoms with Crippen LogP contribution in [0.2, 0.25) is 0 Å². The fraction of sp³-hybridized carbons (Fsp3) is 0.385. The molecule has 0 saturated heterocycles. The van der Waals surface area contributed by atoms with Crippen molar-refractivity contribution in [3.05, 3.63) is 39.9 Å².